The summed E-state index contributed by atoms with van der Waals surface area (Å²) in [7, 11) is 1.59. The molecular weight excluding hydrogens is 340 g/mol. The van der Waals surface area contributed by atoms with Crippen molar-refractivity contribution in [2.75, 3.05) is 0 Å². The van der Waals surface area contributed by atoms with Gasteiger partial charge in [0.05, 0.1) is 7.11 Å². The summed E-state index contributed by atoms with van der Waals surface area (Å²) >= 11 is 0. The average Bonchev–Trinajstić information content (AvgIpc) is 2.26. The molecular formula is C8H5F12O. The van der Waals surface area contributed by atoms with Gasteiger partial charge in [0.2, 0.25) is 0 Å². The predicted octanol–water partition coefficient (Wildman–Crippen LogP) is 4.58. The summed E-state index contributed by atoms with van der Waals surface area (Å²) in [6.45, 7) is -0.981. The van der Waals surface area contributed by atoms with Crippen LogP contribution in [0.25, 0.3) is 0 Å². The lowest BCUT2D eigenvalue weighted by Gasteiger charge is -2.39. The lowest BCUT2D eigenvalue weighted by molar-refractivity contribution is -0.451. The molecule has 0 aromatic rings. The monoisotopic (exact) mass is 345 g/mol. The van der Waals surface area contributed by atoms with E-state index in [2.05, 4.69) is 4.74 Å². The molecule has 0 saturated carbocycles. The Hall–Kier alpha value is -0.880. The summed E-state index contributed by atoms with van der Waals surface area (Å²) in [5, 5.41) is 0. The number of ether oxygens (including phenoxy) is 1. The zero-order valence-electron chi connectivity index (χ0n) is 9.65. The van der Waals surface area contributed by atoms with Crippen molar-refractivity contribution in [2.24, 2.45) is 0 Å². The van der Waals surface area contributed by atoms with Crippen LogP contribution in [0.4, 0.5) is 52.7 Å². The molecule has 0 saturated heterocycles. The van der Waals surface area contributed by atoms with Crippen LogP contribution in [0, 0.1) is 7.11 Å². The van der Waals surface area contributed by atoms with E-state index in [1.807, 2.05) is 0 Å². The minimum Gasteiger partial charge on any atom is -0.313 e. The van der Waals surface area contributed by atoms with E-state index in [9.17, 15) is 52.7 Å². The molecule has 0 spiro atoms. The van der Waals surface area contributed by atoms with Crippen LogP contribution in [0.3, 0.4) is 0 Å². The van der Waals surface area contributed by atoms with E-state index in [-0.39, 0.29) is 0 Å². The Bertz CT molecular complexity index is 381. The van der Waals surface area contributed by atoms with E-state index in [1.54, 1.807) is 7.11 Å². The van der Waals surface area contributed by atoms with Gasteiger partial charge in [0, 0.05) is 6.92 Å². The van der Waals surface area contributed by atoms with E-state index < -0.39 is 42.6 Å². The SMILES string of the molecule is [CH2]OC(F)(F)C(F)(F)C(F)(F)C(F)(F)C(F)(F)C(C)(F)F. The highest BCUT2D eigenvalue weighted by Crippen LogP contribution is 2.59. The number of alkyl halides is 12. The predicted molar refractivity (Wildman–Crippen MR) is 41.8 cm³/mol. The fourth-order valence-electron chi connectivity index (χ4n) is 0.943. The molecule has 0 bridgehead atoms. The van der Waals surface area contributed by atoms with Crippen molar-refractivity contribution in [2.45, 2.75) is 42.6 Å². The number of hydrogen-bond donors (Lipinski definition) is 0. The maximum absolute atomic E-state index is 12.8. The first kappa shape index (κ1) is 20.1. The normalized spacial score (nSPS) is 16.3. The summed E-state index contributed by atoms with van der Waals surface area (Å²) in [6.07, 6.45) is -6.43. The van der Waals surface area contributed by atoms with Crippen LogP contribution in [-0.2, 0) is 4.74 Å². The molecule has 0 aliphatic heterocycles. The molecule has 0 N–H and O–H groups in total. The Kier molecular flexibility index (Phi) is 4.61. The van der Waals surface area contributed by atoms with Gasteiger partial charge in [-0.25, -0.2) is 0 Å². The van der Waals surface area contributed by atoms with Gasteiger partial charge in [-0.2, -0.15) is 52.7 Å². The molecule has 0 aromatic heterocycles. The van der Waals surface area contributed by atoms with E-state index in [0.29, 0.717) is 0 Å². The Morgan fingerprint density at radius 3 is 1.10 bits per heavy atom. The Balaban J connectivity index is 6.14. The second kappa shape index (κ2) is 4.81. The highest BCUT2D eigenvalue weighted by Gasteiger charge is 2.89. The van der Waals surface area contributed by atoms with Crippen molar-refractivity contribution in [3.8, 4) is 0 Å². The first-order chi connectivity index (χ1) is 8.81. The van der Waals surface area contributed by atoms with Gasteiger partial charge in [-0.15, -0.1) is 0 Å². The minimum absolute atomic E-state index is 0.981. The molecule has 13 heteroatoms. The number of rotatable bonds is 6. The van der Waals surface area contributed by atoms with Crippen molar-refractivity contribution in [1.29, 1.82) is 0 Å². The Morgan fingerprint density at radius 2 is 0.857 bits per heavy atom. The summed E-state index contributed by atoms with van der Waals surface area (Å²) < 4.78 is 153. The smallest absolute Gasteiger partial charge is 0.313 e. The van der Waals surface area contributed by atoms with Crippen LogP contribution in [0.5, 0.6) is 0 Å². The average molecular weight is 345 g/mol. The van der Waals surface area contributed by atoms with Crippen LogP contribution >= 0.6 is 0 Å². The van der Waals surface area contributed by atoms with Gasteiger partial charge in [-0.05, 0) is 0 Å². The molecule has 0 aliphatic rings. The van der Waals surface area contributed by atoms with Crippen LogP contribution in [-0.4, -0.2) is 35.7 Å². The van der Waals surface area contributed by atoms with Crippen molar-refractivity contribution >= 4 is 0 Å². The van der Waals surface area contributed by atoms with E-state index in [0.717, 1.165) is 0 Å². The Morgan fingerprint density at radius 1 is 0.571 bits per heavy atom. The highest BCUT2D eigenvalue weighted by molar-refractivity contribution is 5.09. The third-order valence-corrected chi connectivity index (χ3v) is 2.28. The number of halogens is 12. The second-order valence-electron chi connectivity index (χ2n) is 3.85. The van der Waals surface area contributed by atoms with Crippen molar-refractivity contribution < 1.29 is 57.4 Å². The molecule has 0 atom stereocenters. The maximum atomic E-state index is 12.8. The summed E-state index contributed by atoms with van der Waals surface area (Å²) in [4.78, 5) is 0. The maximum Gasteiger partial charge on any atom is 0.426 e. The molecule has 1 radical (unpaired) electrons. The summed E-state index contributed by atoms with van der Waals surface area (Å²) in [6, 6.07) is 0. The van der Waals surface area contributed by atoms with E-state index >= 15 is 0 Å². The van der Waals surface area contributed by atoms with Gasteiger partial charge < -0.3 is 4.74 Å². The minimum atomic E-state index is -7.59. The molecule has 21 heavy (non-hydrogen) atoms. The summed E-state index contributed by atoms with van der Waals surface area (Å²) in [5.74, 6) is -35.4. The van der Waals surface area contributed by atoms with E-state index in [1.165, 1.54) is 0 Å². The second-order valence-corrected chi connectivity index (χ2v) is 3.85. The molecule has 127 valence electrons. The fourth-order valence-corrected chi connectivity index (χ4v) is 0.943. The zero-order chi connectivity index (χ0) is 17.7. The standard InChI is InChI=1S/C8H5F12O/c1-3(9,10)4(11,12)5(13,14)6(15,16)7(17,18)8(19,20)21-2/h2H2,1H3. The topological polar surface area (TPSA) is 9.23 Å². The van der Waals surface area contributed by atoms with Crippen LogP contribution in [0.15, 0.2) is 0 Å². The molecule has 1 nitrogen and oxygen atoms in total. The third kappa shape index (κ3) is 2.52. The molecule has 0 rings (SSSR count). The van der Waals surface area contributed by atoms with Crippen molar-refractivity contribution in [3.63, 3.8) is 0 Å². The fraction of sp³-hybridized carbons (Fsp3) is 0.875. The molecule has 0 heterocycles. The largest absolute Gasteiger partial charge is 0.426 e. The zero-order valence-corrected chi connectivity index (χ0v) is 9.65. The van der Waals surface area contributed by atoms with Gasteiger partial charge in [-0.1, -0.05) is 0 Å². The van der Waals surface area contributed by atoms with Crippen LogP contribution in [0.2, 0.25) is 0 Å². The summed E-state index contributed by atoms with van der Waals surface area (Å²) in [5.41, 5.74) is 0. The molecule has 0 aliphatic carbocycles. The van der Waals surface area contributed by atoms with Gasteiger partial charge in [0.15, 0.2) is 0 Å². The lowest BCUT2D eigenvalue weighted by Crippen LogP contribution is -2.70. The Labute approximate surface area is 108 Å². The van der Waals surface area contributed by atoms with Gasteiger partial charge in [0.1, 0.15) is 0 Å². The first-order valence-corrected chi connectivity index (χ1v) is 4.51. The van der Waals surface area contributed by atoms with E-state index in [4.69, 9.17) is 0 Å². The molecule has 0 aromatic carbocycles. The molecule has 0 fully saturated rings. The third-order valence-electron chi connectivity index (χ3n) is 2.28. The quantitative estimate of drug-likeness (QED) is 0.640. The lowest BCUT2D eigenvalue weighted by atomic mass is 9.94. The highest BCUT2D eigenvalue weighted by atomic mass is 19.4. The van der Waals surface area contributed by atoms with Gasteiger partial charge in [0.25, 0.3) is 0 Å². The van der Waals surface area contributed by atoms with Gasteiger partial charge >= 0.3 is 35.7 Å². The van der Waals surface area contributed by atoms with Crippen LogP contribution < -0.4 is 0 Å². The van der Waals surface area contributed by atoms with Gasteiger partial charge in [-0.3, -0.25) is 0 Å². The van der Waals surface area contributed by atoms with Crippen molar-refractivity contribution in [3.05, 3.63) is 7.11 Å². The van der Waals surface area contributed by atoms with Crippen LogP contribution in [0.1, 0.15) is 6.92 Å². The number of hydrogen-bond acceptors (Lipinski definition) is 1. The first-order valence-electron chi connectivity index (χ1n) is 4.51. The molecule has 0 unspecified atom stereocenters. The van der Waals surface area contributed by atoms with Crippen molar-refractivity contribution in [1.82, 2.24) is 0 Å². The molecule has 0 amide bonds.